The number of aliphatic imine (C=N–C) groups is 1. The average Bonchev–Trinajstić information content (AvgIpc) is 3.10. The van der Waals surface area contributed by atoms with Gasteiger partial charge in [0.1, 0.15) is 5.69 Å². The Kier molecular flexibility index (Phi) is 3.91. The second-order valence-electron chi connectivity index (χ2n) is 5.45. The lowest BCUT2D eigenvalue weighted by Crippen LogP contribution is -2.11. The van der Waals surface area contributed by atoms with E-state index >= 15 is 0 Å². The molecule has 0 fully saturated rings. The van der Waals surface area contributed by atoms with Gasteiger partial charge >= 0.3 is 0 Å². The number of anilines is 1. The topological polar surface area (TPSA) is 86.2 Å². The summed E-state index contributed by atoms with van der Waals surface area (Å²) < 4.78 is 0. The third-order valence-corrected chi connectivity index (χ3v) is 3.75. The number of hydrogen-bond donors (Lipinski definition) is 3. The summed E-state index contributed by atoms with van der Waals surface area (Å²) in [6.45, 7) is 5.12. The van der Waals surface area contributed by atoms with Gasteiger partial charge in [0.2, 0.25) is 11.8 Å². The Morgan fingerprint density at radius 2 is 2.32 bits per heavy atom. The molecule has 114 valence electrons. The fourth-order valence-electron chi connectivity index (χ4n) is 2.17. The Labute approximate surface area is 129 Å². The van der Waals surface area contributed by atoms with Crippen molar-refractivity contribution in [2.75, 3.05) is 11.9 Å². The number of allylic oxidation sites excluding steroid dienone is 1. The molecule has 1 atom stereocenters. The highest BCUT2D eigenvalue weighted by Crippen LogP contribution is 2.31. The number of nitrogens with one attached hydrogen (secondary N) is 2. The molecule has 2 aromatic heterocycles. The Morgan fingerprint density at radius 3 is 3.14 bits per heavy atom. The van der Waals surface area contributed by atoms with Crippen LogP contribution in [0, 0.1) is 5.92 Å². The SMILES string of the molecule is CCC(C)CNc1nc(O)c(/C=C2\C=Nc3ncccc32)[nH]1. The summed E-state index contributed by atoms with van der Waals surface area (Å²) in [4.78, 5) is 15.6. The number of H-pyrrole nitrogens is 1. The van der Waals surface area contributed by atoms with Crippen LogP contribution in [0.3, 0.4) is 0 Å². The van der Waals surface area contributed by atoms with Crippen molar-refractivity contribution in [2.24, 2.45) is 10.9 Å². The van der Waals surface area contributed by atoms with Crippen LogP contribution in [0.5, 0.6) is 5.88 Å². The lowest BCUT2D eigenvalue weighted by molar-refractivity contribution is 0.455. The van der Waals surface area contributed by atoms with Crippen LogP contribution in [-0.4, -0.2) is 32.8 Å². The van der Waals surface area contributed by atoms with E-state index in [0.717, 1.165) is 24.1 Å². The summed E-state index contributed by atoms with van der Waals surface area (Å²) in [6, 6.07) is 3.82. The van der Waals surface area contributed by atoms with E-state index in [9.17, 15) is 5.11 Å². The van der Waals surface area contributed by atoms with Crippen molar-refractivity contribution in [1.82, 2.24) is 15.0 Å². The Hall–Kier alpha value is -2.63. The van der Waals surface area contributed by atoms with Crippen molar-refractivity contribution in [3.05, 3.63) is 29.6 Å². The van der Waals surface area contributed by atoms with E-state index in [0.29, 0.717) is 23.4 Å². The molecule has 2 aromatic rings. The van der Waals surface area contributed by atoms with Gasteiger partial charge in [-0.3, -0.25) is 0 Å². The normalized spacial score (nSPS) is 16.0. The average molecular weight is 297 g/mol. The largest absolute Gasteiger partial charge is 0.492 e. The Morgan fingerprint density at radius 1 is 1.45 bits per heavy atom. The molecular weight excluding hydrogens is 278 g/mol. The molecule has 1 unspecified atom stereocenters. The van der Waals surface area contributed by atoms with Crippen LogP contribution in [0.4, 0.5) is 11.8 Å². The predicted octanol–water partition coefficient (Wildman–Crippen LogP) is 3.22. The first-order valence-corrected chi connectivity index (χ1v) is 7.41. The van der Waals surface area contributed by atoms with Gasteiger partial charge in [-0.25, -0.2) is 9.98 Å². The summed E-state index contributed by atoms with van der Waals surface area (Å²) in [7, 11) is 0. The molecule has 0 saturated heterocycles. The minimum atomic E-state index is -0.0232. The molecule has 0 saturated carbocycles. The van der Waals surface area contributed by atoms with Crippen LogP contribution in [0.1, 0.15) is 31.5 Å². The van der Waals surface area contributed by atoms with E-state index < -0.39 is 0 Å². The third-order valence-electron chi connectivity index (χ3n) is 3.75. The van der Waals surface area contributed by atoms with Crippen molar-refractivity contribution >= 4 is 29.6 Å². The molecule has 0 aromatic carbocycles. The van der Waals surface area contributed by atoms with Crippen LogP contribution < -0.4 is 5.32 Å². The summed E-state index contributed by atoms with van der Waals surface area (Å²) in [5, 5.41) is 13.2. The number of fused-ring (bicyclic) bond motifs is 1. The summed E-state index contributed by atoms with van der Waals surface area (Å²) >= 11 is 0. The monoisotopic (exact) mass is 297 g/mol. The zero-order chi connectivity index (χ0) is 15.5. The number of hydrogen-bond acceptors (Lipinski definition) is 5. The molecule has 6 nitrogen and oxygen atoms in total. The van der Waals surface area contributed by atoms with Crippen LogP contribution in [0.25, 0.3) is 11.6 Å². The lowest BCUT2D eigenvalue weighted by Gasteiger charge is -2.08. The minimum absolute atomic E-state index is 0.0232. The second-order valence-corrected chi connectivity index (χ2v) is 5.45. The van der Waals surface area contributed by atoms with Gasteiger partial charge in [-0.15, -0.1) is 0 Å². The van der Waals surface area contributed by atoms with Crippen LogP contribution in [-0.2, 0) is 0 Å². The molecular formula is C16H19N5O. The Balaban J connectivity index is 1.81. The van der Waals surface area contributed by atoms with E-state index in [4.69, 9.17) is 0 Å². The summed E-state index contributed by atoms with van der Waals surface area (Å²) in [5.74, 6) is 1.80. The highest BCUT2D eigenvalue weighted by Gasteiger charge is 2.15. The molecule has 0 amide bonds. The van der Waals surface area contributed by atoms with Crippen LogP contribution in [0.15, 0.2) is 23.3 Å². The van der Waals surface area contributed by atoms with Gasteiger partial charge in [0.15, 0.2) is 5.82 Å². The third kappa shape index (κ3) is 2.86. The number of imidazole rings is 1. The van der Waals surface area contributed by atoms with Gasteiger partial charge in [-0.05, 0) is 24.1 Å². The fourth-order valence-corrected chi connectivity index (χ4v) is 2.17. The maximum atomic E-state index is 9.98. The van der Waals surface area contributed by atoms with Gasteiger partial charge in [-0.2, -0.15) is 4.98 Å². The number of rotatable bonds is 5. The zero-order valence-electron chi connectivity index (χ0n) is 12.7. The number of nitrogens with zero attached hydrogens (tertiary/aromatic N) is 3. The van der Waals surface area contributed by atoms with Crippen molar-refractivity contribution < 1.29 is 5.11 Å². The molecule has 6 heteroatoms. The molecule has 0 bridgehead atoms. The van der Waals surface area contributed by atoms with Gasteiger partial charge in [0, 0.05) is 30.1 Å². The molecule has 0 radical (unpaired) electrons. The minimum Gasteiger partial charge on any atom is -0.492 e. The molecule has 22 heavy (non-hydrogen) atoms. The van der Waals surface area contributed by atoms with E-state index in [1.54, 1.807) is 12.4 Å². The molecule has 1 aliphatic heterocycles. The smallest absolute Gasteiger partial charge is 0.238 e. The maximum absolute atomic E-state index is 9.98. The number of pyridine rings is 1. The quantitative estimate of drug-likeness (QED) is 0.791. The van der Waals surface area contributed by atoms with Crippen LogP contribution >= 0.6 is 0 Å². The van der Waals surface area contributed by atoms with Crippen LogP contribution in [0.2, 0.25) is 0 Å². The number of aromatic hydroxyl groups is 1. The van der Waals surface area contributed by atoms with E-state index in [-0.39, 0.29) is 5.88 Å². The standard InChI is InChI=1S/C16H19N5O/c1-3-10(2)8-19-16-20-13(15(22)21-16)7-11-9-18-14-12(11)5-4-6-17-14/h4-7,9-10,22H,3,8H2,1-2H3,(H2,19,20,21)/b11-7+. The predicted molar refractivity (Wildman–Crippen MR) is 88.5 cm³/mol. The van der Waals surface area contributed by atoms with Gasteiger partial charge in [0.05, 0.1) is 0 Å². The van der Waals surface area contributed by atoms with Gasteiger partial charge in [-0.1, -0.05) is 20.3 Å². The summed E-state index contributed by atoms with van der Waals surface area (Å²) in [6.07, 6.45) is 6.37. The Bertz CT molecular complexity index is 732. The zero-order valence-corrected chi connectivity index (χ0v) is 12.7. The second kappa shape index (κ2) is 6.01. The molecule has 3 heterocycles. The highest BCUT2D eigenvalue weighted by molar-refractivity contribution is 6.20. The molecule has 0 spiro atoms. The van der Waals surface area contributed by atoms with Crippen molar-refractivity contribution in [1.29, 1.82) is 0 Å². The maximum Gasteiger partial charge on any atom is 0.238 e. The van der Waals surface area contributed by atoms with Crippen molar-refractivity contribution in [2.45, 2.75) is 20.3 Å². The molecule has 0 aliphatic carbocycles. The summed E-state index contributed by atoms with van der Waals surface area (Å²) in [5.41, 5.74) is 2.41. The first-order chi connectivity index (χ1) is 10.7. The highest BCUT2D eigenvalue weighted by atomic mass is 16.3. The number of aromatic nitrogens is 3. The first-order valence-electron chi connectivity index (χ1n) is 7.41. The van der Waals surface area contributed by atoms with Crippen molar-refractivity contribution in [3.63, 3.8) is 0 Å². The lowest BCUT2D eigenvalue weighted by atomic mass is 10.1. The van der Waals surface area contributed by atoms with Gasteiger partial charge in [0.25, 0.3) is 0 Å². The molecule has 3 rings (SSSR count). The molecule has 3 N–H and O–H groups in total. The number of aromatic amines is 1. The fraction of sp³-hybridized carbons (Fsp3) is 0.312. The van der Waals surface area contributed by atoms with E-state index in [2.05, 4.69) is 39.1 Å². The molecule has 1 aliphatic rings. The van der Waals surface area contributed by atoms with Crippen molar-refractivity contribution in [3.8, 4) is 5.88 Å². The van der Waals surface area contributed by atoms with Gasteiger partial charge < -0.3 is 15.4 Å². The van der Waals surface area contributed by atoms with E-state index in [1.165, 1.54) is 0 Å². The van der Waals surface area contributed by atoms with E-state index in [1.807, 2.05) is 18.2 Å². The first kappa shape index (κ1) is 14.3.